The van der Waals surface area contributed by atoms with Crippen LogP contribution in [0.1, 0.15) is 18.3 Å². The van der Waals surface area contributed by atoms with E-state index in [1.54, 1.807) is 0 Å². The molecule has 0 aliphatic carbocycles. The average molecular weight is 209 g/mol. The molecule has 1 unspecified atom stereocenters. The Morgan fingerprint density at radius 3 is 2.50 bits per heavy atom. The summed E-state index contributed by atoms with van der Waals surface area (Å²) in [5.74, 6) is 0.308. The highest BCUT2D eigenvalue weighted by Crippen LogP contribution is 2.22. The van der Waals surface area contributed by atoms with Crippen molar-refractivity contribution in [2.45, 2.75) is 19.6 Å². The Hall–Kier alpha value is -1.50. The van der Waals surface area contributed by atoms with Crippen LogP contribution < -0.4 is 0 Å². The third-order valence-corrected chi connectivity index (χ3v) is 2.51. The van der Waals surface area contributed by atoms with Crippen LogP contribution in [0.3, 0.4) is 0 Å². The van der Waals surface area contributed by atoms with Crippen LogP contribution in [-0.2, 0) is 0 Å². The van der Waals surface area contributed by atoms with Gasteiger partial charge in [-0.1, -0.05) is 73.6 Å². The standard InChI is InChI=1S/C15H18B/c1-4-5-7-10-13(2)15(16-3)14-11-8-6-9-12-14/h4-12,15H,2H2,1,3H3/b5-4-,10-7-. The van der Waals surface area contributed by atoms with Crippen LogP contribution >= 0.6 is 0 Å². The van der Waals surface area contributed by atoms with Gasteiger partial charge in [-0.05, 0) is 18.3 Å². The van der Waals surface area contributed by atoms with Gasteiger partial charge < -0.3 is 0 Å². The Kier molecular flexibility index (Phi) is 5.42. The molecule has 1 aromatic carbocycles. The zero-order chi connectivity index (χ0) is 11.8. The number of rotatable bonds is 5. The van der Waals surface area contributed by atoms with Gasteiger partial charge in [0.15, 0.2) is 0 Å². The first kappa shape index (κ1) is 12.6. The largest absolute Gasteiger partial charge is 0.122 e. The van der Waals surface area contributed by atoms with Crippen LogP contribution in [0.15, 0.2) is 66.8 Å². The predicted octanol–water partition coefficient (Wildman–Crippen LogP) is 4.17. The molecule has 0 N–H and O–H groups in total. The van der Waals surface area contributed by atoms with Crippen LogP contribution in [0, 0.1) is 0 Å². The maximum atomic E-state index is 4.12. The van der Waals surface area contributed by atoms with Gasteiger partial charge in [0.1, 0.15) is 7.28 Å². The molecule has 0 saturated carbocycles. The molecule has 0 aliphatic heterocycles. The molecule has 0 spiro atoms. The van der Waals surface area contributed by atoms with Crippen molar-refractivity contribution in [1.82, 2.24) is 0 Å². The topological polar surface area (TPSA) is 0 Å². The third-order valence-electron chi connectivity index (χ3n) is 2.51. The van der Waals surface area contributed by atoms with Gasteiger partial charge in [-0.3, -0.25) is 0 Å². The van der Waals surface area contributed by atoms with Crippen molar-refractivity contribution >= 4 is 7.28 Å². The van der Waals surface area contributed by atoms with Crippen molar-refractivity contribution in [1.29, 1.82) is 0 Å². The van der Waals surface area contributed by atoms with Gasteiger partial charge in [-0.25, -0.2) is 0 Å². The molecule has 1 rings (SSSR count). The zero-order valence-corrected chi connectivity index (χ0v) is 10.1. The Balaban J connectivity index is 2.79. The quantitative estimate of drug-likeness (QED) is 0.504. The van der Waals surface area contributed by atoms with E-state index in [4.69, 9.17) is 0 Å². The fourth-order valence-electron chi connectivity index (χ4n) is 1.67. The number of benzene rings is 1. The van der Waals surface area contributed by atoms with E-state index in [9.17, 15) is 0 Å². The van der Waals surface area contributed by atoms with E-state index < -0.39 is 0 Å². The summed E-state index contributed by atoms with van der Waals surface area (Å²) in [6.45, 7) is 8.21. The molecule has 0 saturated heterocycles. The summed E-state index contributed by atoms with van der Waals surface area (Å²) in [5, 5.41) is 0. The summed E-state index contributed by atoms with van der Waals surface area (Å²) in [5.41, 5.74) is 2.41. The fraction of sp³-hybridized carbons (Fsp3) is 0.200. The van der Waals surface area contributed by atoms with E-state index in [0.717, 1.165) is 5.57 Å². The van der Waals surface area contributed by atoms with Crippen molar-refractivity contribution in [3.05, 3.63) is 72.4 Å². The van der Waals surface area contributed by atoms with E-state index in [1.165, 1.54) is 5.56 Å². The maximum Gasteiger partial charge on any atom is 0.122 e. The van der Waals surface area contributed by atoms with Gasteiger partial charge in [0.2, 0.25) is 0 Å². The SMILES string of the molecule is C=C(/C=C\C=C/C)C([B]C)c1ccccc1. The molecule has 16 heavy (non-hydrogen) atoms. The van der Waals surface area contributed by atoms with Gasteiger partial charge in [0, 0.05) is 0 Å². The van der Waals surface area contributed by atoms with Gasteiger partial charge in [-0.2, -0.15) is 0 Å². The molecule has 81 valence electrons. The summed E-state index contributed by atoms with van der Waals surface area (Å²) in [4.78, 5) is 0. The number of hydrogen-bond donors (Lipinski definition) is 0. The van der Waals surface area contributed by atoms with E-state index >= 15 is 0 Å². The first-order chi connectivity index (χ1) is 7.79. The van der Waals surface area contributed by atoms with Crippen molar-refractivity contribution in [2.75, 3.05) is 0 Å². The Morgan fingerprint density at radius 1 is 1.25 bits per heavy atom. The van der Waals surface area contributed by atoms with Crippen LogP contribution in [0.2, 0.25) is 6.82 Å². The first-order valence-corrected chi connectivity index (χ1v) is 5.62. The lowest BCUT2D eigenvalue weighted by Gasteiger charge is -2.15. The molecule has 1 heteroatoms. The second kappa shape index (κ2) is 6.89. The zero-order valence-electron chi connectivity index (χ0n) is 10.1. The summed E-state index contributed by atoms with van der Waals surface area (Å²) in [6, 6.07) is 10.4. The highest BCUT2D eigenvalue weighted by molar-refractivity contribution is 6.37. The fourth-order valence-corrected chi connectivity index (χ4v) is 1.67. The van der Waals surface area contributed by atoms with Crippen molar-refractivity contribution in [3.63, 3.8) is 0 Å². The summed E-state index contributed by atoms with van der Waals surface area (Å²) >= 11 is 0. The summed E-state index contributed by atoms with van der Waals surface area (Å²) < 4.78 is 0. The minimum atomic E-state index is 0.308. The molecule has 0 bridgehead atoms. The lowest BCUT2D eigenvalue weighted by Crippen LogP contribution is -2.06. The number of hydrogen-bond acceptors (Lipinski definition) is 0. The van der Waals surface area contributed by atoms with E-state index in [0.29, 0.717) is 5.82 Å². The highest BCUT2D eigenvalue weighted by atomic mass is 14.1. The lowest BCUT2D eigenvalue weighted by molar-refractivity contribution is 1.13. The van der Waals surface area contributed by atoms with Crippen LogP contribution in [0.4, 0.5) is 0 Å². The second-order valence-electron chi connectivity index (χ2n) is 3.68. The molecule has 1 atom stereocenters. The average Bonchev–Trinajstić information content (AvgIpc) is 2.32. The second-order valence-corrected chi connectivity index (χ2v) is 3.68. The van der Waals surface area contributed by atoms with Gasteiger partial charge in [-0.15, -0.1) is 0 Å². The number of allylic oxidation sites excluding steroid dienone is 5. The minimum Gasteiger partial charge on any atom is -0.0960 e. The van der Waals surface area contributed by atoms with Crippen LogP contribution in [0.5, 0.6) is 0 Å². The minimum absolute atomic E-state index is 0.308. The summed E-state index contributed by atoms with van der Waals surface area (Å²) in [6.07, 6.45) is 8.12. The van der Waals surface area contributed by atoms with Gasteiger partial charge in [0.05, 0.1) is 0 Å². The highest BCUT2D eigenvalue weighted by Gasteiger charge is 2.10. The molecule has 0 aromatic heterocycles. The maximum absolute atomic E-state index is 4.12. The smallest absolute Gasteiger partial charge is 0.0960 e. The molecule has 1 aromatic rings. The molecule has 0 aliphatic rings. The monoisotopic (exact) mass is 209 g/mol. The molecule has 1 radical (unpaired) electrons. The molecular weight excluding hydrogens is 191 g/mol. The van der Waals surface area contributed by atoms with Gasteiger partial charge in [0.25, 0.3) is 0 Å². The third kappa shape index (κ3) is 3.58. The lowest BCUT2D eigenvalue weighted by atomic mass is 9.60. The normalized spacial score (nSPS) is 13.1. The van der Waals surface area contributed by atoms with Crippen LogP contribution in [0.25, 0.3) is 0 Å². The van der Waals surface area contributed by atoms with Crippen molar-refractivity contribution < 1.29 is 0 Å². The van der Waals surface area contributed by atoms with Crippen molar-refractivity contribution in [2.24, 2.45) is 0 Å². The summed E-state index contributed by atoms with van der Waals surface area (Å²) in [7, 11) is 2.18. The van der Waals surface area contributed by atoms with E-state index in [-0.39, 0.29) is 0 Å². The first-order valence-electron chi connectivity index (χ1n) is 5.62. The predicted molar refractivity (Wildman–Crippen MR) is 73.9 cm³/mol. The Bertz CT molecular complexity index is 374. The van der Waals surface area contributed by atoms with E-state index in [2.05, 4.69) is 51.0 Å². The van der Waals surface area contributed by atoms with E-state index in [1.807, 2.05) is 31.2 Å². The molecule has 0 fully saturated rings. The molecule has 0 nitrogen and oxygen atoms in total. The molecular formula is C15H18B. The Labute approximate surface area is 99.6 Å². The van der Waals surface area contributed by atoms with Crippen molar-refractivity contribution in [3.8, 4) is 0 Å². The molecule has 0 heterocycles. The molecule has 0 amide bonds. The van der Waals surface area contributed by atoms with Crippen LogP contribution in [-0.4, -0.2) is 7.28 Å². The van der Waals surface area contributed by atoms with Gasteiger partial charge >= 0.3 is 0 Å². The Morgan fingerprint density at radius 2 is 1.94 bits per heavy atom.